The van der Waals surface area contributed by atoms with Crippen molar-refractivity contribution in [1.82, 2.24) is 4.72 Å². The number of hydrogen-bond acceptors (Lipinski definition) is 4. The van der Waals surface area contributed by atoms with Crippen molar-refractivity contribution in [3.05, 3.63) is 22.7 Å². The molecule has 0 aromatic heterocycles. The van der Waals surface area contributed by atoms with Crippen LogP contribution in [0.1, 0.15) is 25.8 Å². The zero-order chi connectivity index (χ0) is 16.0. The summed E-state index contributed by atoms with van der Waals surface area (Å²) in [5.74, 6) is 0.568. The third-order valence-electron chi connectivity index (χ3n) is 3.03. The number of ether oxygens (including phenoxy) is 1. The van der Waals surface area contributed by atoms with Crippen LogP contribution in [0.25, 0.3) is 0 Å². The molecule has 3 N–H and O–H groups in total. The number of anilines is 1. The predicted molar refractivity (Wildman–Crippen MR) is 86.1 cm³/mol. The fraction of sp³-hybridized carbons (Fsp3) is 0.571. The van der Waals surface area contributed by atoms with Crippen molar-refractivity contribution in [2.24, 2.45) is 5.92 Å². The predicted octanol–water partition coefficient (Wildman–Crippen LogP) is 2.57. The molecule has 0 saturated carbocycles. The van der Waals surface area contributed by atoms with Gasteiger partial charge >= 0.3 is 0 Å². The number of sulfonamides is 1. The maximum absolute atomic E-state index is 12.2. The average Bonchev–Trinajstić information content (AvgIpc) is 2.37. The molecule has 120 valence electrons. The van der Waals surface area contributed by atoms with E-state index < -0.39 is 10.0 Å². The van der Waals surface area contributed by atoms with Crippen LogP contribution in [0.4, 0.5) is 5.69 Å². The van der Waals surface area contributed by atoms with Gasteiger partial charge < -0.3 is 10.5 Å². The van der Waals surface area contributed by atoms with Crippen molar-refractivity contribution in [1.29, 1.82) is 0 Å². The van der Waals surface area contributed by atoms with E-state index in [1.165, 1.54) is 12.1 Å². The van der Waals surface area contributed by atoms with E-state index >= 15 is 0 Å². The quantitative estimate of drug-likeness (QED) is 0.565. The van der Waals surface area contributed by atoms with E-state index in [0.29, 0.717) is 35.4 Å². The van der Waals surface area contributed by atoms with Gasteiger partial charge in [0.15, 0.2) is 0 Å². The Kier molecular flexibility index (Phi) is 6.93. The second kappa shape index (κ2) is 7.98. The largest absolute Gasteiger partial charge is 0.398 e. The summed E-state index contributed by atoms with van der Waals surface area (Å²) in [6.07, 6.45) is 0.955. The summed E-state index contributed by atoms with van der Waals surface area (Å²) in [5, 5.41) is 0.298. The Morgan fingerprint density at radius 2 is 2.00 bits per heavy atom. The Balaban J connectivity index is 2.59. The normalized spacial score (nSPS) is 12.0. The number of nitrogen functional groups attached to an aromatic ring is 1. The fourth-order valence-electron chi connectivity index (χ4n) is 1.70. The van der Waals surface area contributed by atoms with E-state index in [2.05, 4.69) is 18.6 Å². The Morgan fingerprint density at radius 1 is 1.33 bits per heavy atom. The summed E-state index contributed by atoms with van der Waals surface area (Å²) in [6, 6.07) is 2.93. The average molecular weight is 335 g/mol. The van der Waals surface area contributed by atoms with Gasteiger partial charge in [0.25, 0.3) is 0 Å². The molecule has 0 saturated heterocycles. The highest BCUT2D eigenvalue weighted by Crippen LogP contribution is 2.25. The SMILES string of the molecule is Cc1c(N)cc(Cl)cc1S(=O)(=O)NCCOCCC(C)C. The van der Waals surface area contributed by atoms with Crippen LogP contribution < -0.4 is 10.5 Å². The van der Waals surface area contributed by atoms with Gasteiger partial charge in [0.05, 0.1) is 11.5 Å². The van der Waals surface area contributed by atoms with Crippen molar-refractivity contribution in [3.63, 3.8) is 0 Å². The number of nitrogens with one attached hydrogen (secondary N) is 1. The molecule has 0 aliphatic carbocycles. The zero-order valence-electron chi connectivity index (χ0n) is 12.6. The summed E-state index contributed by atoms with van der Waals surface area (Å²) in [7, 11) is -3.63. The molecule has 0 aliphatic rings. The molecule has 1 rings (SSSR count). The first-order valence-electron chi connectivity index (χ1n) is 6.87. The van der Waals surface area contributed by atoms with Gasteiger partial charge in [-0.15, -0.1) is 0 Å². The molecule has 1 aromatic rings. The molecular weight excluding hydrogens is 312 g/mol. The fourth-order valence-corrected chi connectivity index (χ4v) is 3.30. The van der Waals surface area contributed by atoms with Gasteiger partial charge in [-0.25, -0.2) is 13.1 Å². The Bertz CT molecular complexity index is 574. The number of halogens is 1. The lowest BCUT2D eigenvalue weighted by Crippen LogP contribution is -2.28. The molecule has 0 atom stereocenters. The van der Waals surface area contributed by atoms with E-state index in [1.54, 1.807) is 6.92 Å². The minimum absolute atomic E-state index is 0.106. The topological polar surface area (TPSA) is 81.4 Å². The highest BCUT2D eigenvalue weighted by molar-refractivity contribution is 7.89. The lowest BCUT2D eigenvalue weighted by Gasteiger charge is -2.12. The van der Waals surface area contributed by atoms with Crippen molar-refractivity contribution < 1.29 is 13.2 Å². The molecule has 0 radical (unpaired) electrons. The summed E-state index contributed by atoms with van der Waals surface area (Å²) in [6.45, 7) is 7.05. The second-order valence-electron chi connectivity index (χ2n) is 5.31. The first-order valence-corrected chi connectivity index (χ1v) is 8.73. The molecule has 0 aliphatic heterocycles. The first kappa shape index (κ1) is 18.2. The van der Waals surface area contributed by atoms with Crippen molar-refractivity contribution >= 4 is 27.3 Å². The first-order chi connectivity index (χ1) is 9.74. The van der Waals surface area contributed by atoms with Gasteiger partial charge in [0.2, 0.25) is 10.0 Å². The van der Waals surface area contributed by atoms with Gasteiger partial charge in [-0.05, 0) is 37.0 Å². The maximum atomic E-state index is 12.2. The third kappa shape index (κ3) is 5.82. The smallest absolute Gasteiger partial charge is 0.241 e. The van der Waals surface area contributed by atoms with Crippen molar-refractivity contribution in [3.8, 4) is 0 Å². The van der Waals surface area contributed by atoms with E-state index in [9.17, 15) is 8.42 Å². The summed E-state index contributed by atoms with van der Waals surface area (Å²) in [5.41, 5.74) is 6.59. The van der Waals surface area contributed by atoms with Crippen LogP contribution in [0, 0.1) is 12.8 Å². The Morgan fingerprint density at radius 3 is 2.62 bits per heavy atom. The van der Waals surface area contributed by atoms with Crippen molar-refractivity contribution in [2.75, 3.05) is 25.5 Å². The van der Waals surface area contributed by atoms with Crippen LogP contribution >= 0.6 is 11.6 Å². The Hall–Kier alpha value is -0.820. The number of benzene rings is 1. The second-order valence-corrected chi connectivity index (χ2v) is 7.48. The molecule has 0 unspecified atom stereocenters. The van der Waals surface area contributed by atoms with Gasteiger partial charge in [0, 0.05) is 23.9 Å². The lowest BCUT2D eigenvalue weighted by atomic mass is 10.1. The van der Waals surface area contributed by atoms with Crippen LogP contribution in [0.5, 0.6) is 0 Å². The third-order valence-corrected chi connectivity index (χ3v) is 4.84. The molecule has 0 fully saturated rings. The van der Waals surface area contributed by atoms with Gasteiger partial charge in [-0.1, -0.05) is 25.4 Å². The van der Waals surface area contributed by atoms with Crippen molar-refractivity contribution in [2.45, 2.75) is 32.1 Å². The Labute approximate surface area is 131 Å². The summed E-state index contributed by atoms with van der Waals surface area (Å²) in [4.78, 5) is 0.106. The molecule has 0 bridgehead atoms. The summed E-state index contributed by atoms with van der Waals surface area (Å²) < 4.78 is 32.3. The standard InChI is InChI=1S/C14H23ClN2O3S/c1-10(2)4-6-20-7-5-17-21(18,19)14-9-12(15)8-13(16)11(14)3/h8-10,17H,4-7,16H2,1-3H3. The number of nitrogens with two attached hydrogens (primary N) is 1. The molecule has 1 aromatic carbocycles. The molecule has 21 heavy (non-hydrogen) atoms. The van der Waals surface area contributed by atoms with Crippen LogP contribution in [0.3, 0.4) is 0 Å². The maximum Gasteiger partial charge on any atom is 0.241 e. The van der Waals surface area contributed by atoms with E-state index in [-0.39, 0.29) is 11.4 Å². The minimum Gasteiger partial charge on any atom is -0.398 e. The van der Waals surface area contributed by atoms with Crippen LogP contribution in [-0.2, 0) is 14.8 Å². The summed E-state index contributed by atoms with van der Waals surface area (Å²) >= 11 is 5.86. The monoisotopic (exact) mass is 334 g/mol. The van der Waals surface area contributed by atoms with Gasteiger partial charge in [-0.2, -0.15) is 0 Å². The van der Waals surface area contributed by atoms with Gasteiger partial charge in [0.1, 0.15) is 0 Å². The zero-order valence-corrected chi connectivity index (χ0v) is 14.2. The molecular formula is C14H23ClN2O3S. The van der Waals surface area contributed by atoms with E-state index in [0.717, 1.165) is 6.42 Å². The molecule has 5 nitrogen and oxygen atoms in total. The minimum atomic E-state index is -3.63. The van der Waals surface area contributed by atoms with E-state index in [4.69, 9.17) is 22.1 Å². The highest BCUT2D eigenvalue weighted by Gasteiger charge is 2.18. The number of rotatable bonds is 8. The molecule has 0 heterocycles. The van der Waals surface area contributed by atoms with Crippen LogP contribution in [0.2, 0.25) is 5.02 Å². The molecule has 7 heteroatoms. The van der Waals surface area contributed by atoms with Crippen LogP contribution in [-0.4, -0.2) is 28.2 Å². The number of hydrogen-bond donors (Lipinski definition) is 2. The van der Waals surface area contributed by atoms with Crippen LogP contribution in [0.15, 0.2) is 17.0 Å². The highest BCUT2D eigenvalue weighted by atomic mass is 35.5. The lowest BCUT2D eigenvalue weighted by molar-refractivity contribution is 0.128. The molecule has 0 spiro atoms. The van der Waals surface area contributed by atoms with E-state index in [1.807, 2.05) is 0 Å². The van der Waals surface area contributed by atoms with Gasteiger partial charge in [-0.3, -0.25) is 0 Å². The molecule has 0 amide bonds.